The number of carbonyl (C=O) groups is 1. The maximum Gasteiger partial charge on any atom is 0.322 e. The first-order chi connectivity index (χ1) is 18.7. The van der Waals surface area contributed by atoms with Gasteiger partial charge in [0.2, 0.25) is 0 Å². The molecule has 0 aliphatic heterocycles. The average molecular weight is 557 g/mol. The fourth-order valence-electron chi connectivity index (χ4n) is 4.82. The number of hydrogen-bond donors (Lipinski definition) is 1. The molecule has 0 unspecified atom stereocenters. The Morgan fingerprint density at radius 2 is 1.62 bits per heavy atom. The van der Waals surface area contributed by atoms with E-state index in [0.29, 0.717) is 41.5 Å². The molecule has 4 rings (SSSR count). The van der Waals surface area contributed by atoms with Crippen molar-refractivity contribution in [3.05, 3.63) is 87.9 Å². The zero-order valence-electron chi connectivity index (χ0n) is 22.3. The minimum absolute atomic E-state index is 0.0647. The van der Waals surface area contributed by atoms with Gasteiger partial charge in [0.15, 0.2) is 11.6 Å². The number of benzene rings is 3. The van der Waals surface area contributed by atoms with E-state index in [1.54, 1.807) is 12.1 Å². The zero-order valence-corrected chi connectivity index (χ0v) is 23.1. The predicted octanol–water partition coefficient (Wildman–Crippen LogP) is 9.79. The fourth-order valence-corrected chi connectivity index (χ4v) is 4.95. The molecule has 1 aromatic heterocycles. The van der Waals surface area contributed by atoms with Crippen molar-refractivity contribution in [3.8, 4) is 11.1 Å². The second-order valence-corrected chi connectivity index (χ2v) is 10.3. The molecule has 0 bridgehead atoms. The molecule has 8 heteroatoms. The van der Waals surface area contributed by atoms with Crippen LogP contribution in [0.2, 0.25) is 5.02 Å². The summed E-state index contributed by atoms with van der Waals surface area (Å²) in [6.45, 7) is 6.50. The van der Waals surface area contributed by atoms with Crippen molar-refractivity contribution < 1.29 is 22.4 Å². The molecule has 2 amide bonds. The predicted molar refractivity (Wildman–Crippen MR) is 151 cm³/mol. The SMILES string of the molecule is CCCCCCCN(Cc1oc2c(C)cc(C)cc2c1-c1ccc(Cl)cc1)C(=O)Nc1c(F)cc(F)cc1F. The summed E-state index contributed by atoms with van der Waals surface area (Å²) in [5.41, 5.74) is 3.74. The standard InChI is InChI=1S/C31H32ClF3N2O2/c1-4-5-6-7-8-13-37(31(38)36-29-25(34)16-23(33)17-26(29)35)18-27-28(21-9-11-22(32)12-10-21)24-15-19(2)14-20(3)30(24)39-27/h9-12,14-17H,4-8,13,18H2,1-3H3,(H,36,38). The number of halogens is 4. The van der Waals surface area contributed by atoms with Crippen LogP contribution in [0.15, 0.2) is 52.9 Å². The lowest BCUT2D eigenvalue weighted by atomic mass is 9.99. The molecule has 1 N–H and O–H groups in total. The summed E-state index contributed by atoms with van der Waals surface area (Å²) < 4.78 is 48.5. The molecule has 4 aromatic rings. The maximum absolute atomic E-state index is 14.4. The number of urea groups is 1. The zero-order chi connectivity index (χ0) is 28.1. The van der Waals surface area contributed by atoms with Gasteiger partial charge >= 0.3 is 6.03 Å². The van der Waals surface area contributed by atoms with Crippen LogP contribution in [0.3, 0.4) is 0 Å². The molecule has 0 radical (unpaired) electrons. The third kappa shape index (κ3) is 6.77. The monoisotopic (exact) mass is 556 g/mol. The number of amides is 2. The number of nitrogens with one attached hydrogen (secondary N) is 1. The van der Waals surface area contributed by atoms with Gasteiger partial charge in [-0.05, 0) is 55.2 Å². The van der Waals surface area contributed by atoms with E-state index in [4.69, 9.17) is 16.0 Å². The Kier molecular flexibility index (Phi) is 9.23. The number of furan rings is 1. The van der Waals surface area contributed by atoms with Crippen LogP contribution in [-0.2, 0) is 6.54 Å². The number of carbonyl (C=O) groups excluding carboxylic acids is 1. The first kappa shape index (κ1) is 28.6. The highest BCUT2D eigenvalue weighted by molar-refractivity contribution is 6.30. The highest BCUT2D eigenvalue weighted by atomic mass is 35.5. The second kappa shape index (κ2) is 12.6. The van der Waals surface area contributed by atoms with Gasteiger partial charge in [-0.15, -0.1) is 0 Å². The van der Waals surface area contributed by atoms with Crippen molar-refractivity contribution in [1.82, 2.24) is 4.90 Å². The quantitative estimate of drug-likeness (QED) is 0.198. The Labute approximate surface area is 231 Å². The number of aryl methyl sites for hydroxylation is 2. The number of anilines is 1. The molecule has 0 saturated heterocycles. The second-order valence-electron chi connectivity index (χ2n) is 9.88. The molecule has 1 heterocycles. The van der Waals surface area contributed by atoms with Gasteiger partial charge in [0, 0.05) is 34.6 Å². The minimum atomic E-state index is -1.18. The van der Waals surface area contributed by atoms with E-state index in [1.807, 2.05) is 38.1 Å². The lowest BCUT2D eigenvalue weighted by Gasteiger charge is -2.23. The Morgan fingerprint density at radius 3 is 2.28 bits per heavy atom. The van der Waals surface area contributed by atoms with Gasteiger partial charge in [-0.25, -0.2) is 18.0 Å². The highest BCUT2D eigenvalue weighted by Crippen LogP contribution is 2.38. The Hall–Kier alpha value is -3.45. The lowest BCUT2D eigenvalue weighted by Crippen LogP contribution is -2.36. The number of fused-ring (bicyclic) bond motifs is 1. The summed E-state index contributed by atoms with van der Waals surface area (Å²) in [5, 5.41) is 3.81. The molecule has 0 spiro atoms. The summed E-state index contributed by atoms with van der Waals surface area (Å²) in [4.78, 5) is 14.9. The third-order valence-electron chi connectivity index (χ3n) is 6.72. The fraction of sp³-hybridized carbons (Fsp3) is 0.323. The molecule has 0 aliphatic rings. The molecular weight excluding hydrogens is 525 g/mol. The van der Waals surface area contributed by atoms with Crippen molar-refractivity contribution >= 4 is 34.3 Å². The van der Waals surface area contributed by atoms with Crippen LogP contribution in [0.1, 0.15) is 55.9 Å². The van der Waals surface area contributed by atoms with Gasteiger partial charge in [0.1, 0.15) is 22.8 Å². The van der Waals surface area contributed by atoms with Gasteiger partial charge in [-0.1, -0.05) is 62.4 Å². The van der Waals surface area contributed by atoms with Crippen molar-refractivity contribution in [2.24, 2.45) is 0 Å². The van der Waals surface area contributed by atoms with Crippen molar-refractivity contribution in [2.45, 2.75) is 59.4 Å². The molecule has 206 valence electrons. The lowest BCUT2D eigenvalue weighted by molar-refractivity contribution is 0.203. The summed E-state index contributed by atoms with van der Waals surface area (Å²) >= 11 is 6.14. The third-order valence-corrected chi connectivity index (χ3v) is 6.97. The van der Waals surface area contributed by atoms with E-state index in [1.165, 1.54) is 4.90 Å². The van der Waals surface area contributed by atoms with E-state index in [-0.39, 0.29) is 6.54 Å². The number of nitrogens with zero attached hydrogens (tertiary/aromatic N) is 1. The van der Waals surface area contributed by atoms with Gasteiger partial charge in [0.05, 0.1) is 6.54 Å². The van der Waals surface area contributed by atoms with Crippen LogP contribution < -0.4 is 5.32 Å². The normalized spacial score (nSPS) is 11.3. The number of unbranched alkanes of at least 4 members (excludes halogenated alkanes) is 4. The first-order valence-corrected chi connectivity index (χ1v) is 13.5. The van der Waals surface area contributed by atoms with Crippen LogP contribution in [0.4, 0.5) is 23.7 Å². The van der Waals surface area contributed by atoms with Crippen molar-refractivity contribution in [1.29, 1.82) is 0 Å². The van der Waals surface area contributed by atoms with Gasteiger partial charge < -0.3 is 14.6 Å². The number of rotatable bonds is 10. The van der Waals surface area contributed by atoms with E-state index in [0.717, 1.165) is 53.3 Å². The summed E-state index contributed by atoms with van der Waals surface area (Å²) in [6.07, 6.45) is 4.79. The number of hydrogen-bond acceptors (Lipinski definition) is 2. The Balaban J connectivity index is 1.72. The van der Waals surface area contributed by atoms with Crippen LogP contribution in [-0.4, -0.2) is 17.5 Å². The minimum Gasteiger partial charge on any atom is -0.458 e. The molecular formula is C31H32ClF3N2O2. The van der Waals surface area contributed by atoms with Crippen LogP contribution >= 0.6 is 11.6 Å². The molecule has 4 nitrogen and oxygen atoms in total. The molecule has 0 aliphatic carbocycles. The molecule has 0 fully saturated rings. The van der Waals surface area contributed by atoms with E-state index in [2.05, 4.69) is 12.2 Å². The molecule has 39 heavy (non-hydrogen) atoms. The van der Waals surface area contributed by atoms with Crippen molar-refractivity contribution in [3.63, 3.8) is 0 Å². The molecule has 3 aromatic carbocycles. The summed E-state index contributed by atoms with van der Waals surface area (Å²) in [6, 6.07) is 11.8. The van der Waals surface area contributed by atoms with Gasteiger partial charge in [0.25, 0.3) is 0 Å². The average Bonchev–Trinajstić information content (AvgIpc) is 3.23. The van der Waals surface area contributed by atoms with E-state index >= 15 is 0 Å². The van der Waals surface area contributed by atoms with Crippen LogP contribution in [0, 0.1) is 31.3 Å². The first-order valence-electron chi connectivity index (χ1n) is 13.2. The van der Waals surface area contributed by atoms with E-state index in [9.17, 15) is 18.0 Å². The van der Waals surface area contributed by atoms with Crippen LogP contribution in [0.5, 0.6) is 0 Å². The smallest absolute Gasteiger partial charge is 0.322 e. The van der Waals surface area contributed by atoms with Crippen molar-refractivity contribution in [2.75, 3.05) is 11.9 Å². The van der Waals surface area contributed by atoms with Crippen LogP contribution in [0.25, 0.3) is 22.1 Å². The molecule has 0 atom stereocenters. The molecule has 0 saturated carbocycles. The van der Waals surface area contributed by atoms with Gasteiger partial charge in [-0.3, -0.25) is 0 Å². The summed E-state index contributed by atoms with van der Waals surface area (Å²) in [7, 11) is 0. The van der Waals surface area contributed by atoms with Gasteiger partial charge in [-0.2, -0.15) is 0 Å². The Bertz CT molecular complexity index is 1440. The highest BCUT2D eigenvalue weighted by Gasteiger charge is 2.24. The topological polar surface area (TPSA) is 45.5 Å². The maximum atomic E-state index is 14.4. The Morgan fingerprint density at radius 1 is 0.949 bits per heavy atom. The largest absolute Gasteiger partial charge is 0.458 e. The summed E-state index contributed by atoms with van der Waals surface area (Å²) in [5.74, 6) is -2.87. The van der Waals surface area contributed by atoms with E-state index < -0.39 is 29.2 Å².